The Morgan fingerprint density at radius 1 is 0.818 bits per heavy atom. The average molecular weight is 542 g/mol. The molecule has 0 saturated heterocycles. The van der Waals surface area contributed by atoms with E-state index in [2.05, 4.69) is 65.7 Å². The summed E-state index contributed by atoms with van der Waals surface area (Å²) in [5.74, 6) is -1.93. The minimum atomic E-state index is -1.35. The van der Waals surface area contributed by atoms with E-state index in [4.69, 9.17) is 5.11 Å². The molecular formula is C27H21NO4Sn. The van der Waals surface area contributed by atoms with Gasteiger partial charge in [0.1, 0.15) is 11.8 Å². The third-order valence-electron chi connectivity index (χ3n) is 4.53. The monoisotopic (exact) mass is 543 g/mol. The van der Waals surface area contributed by atoms with Crippen molar-refractivity contribution in [2.24, 2.45) is 4.99 Å². The normalized spacial score (nSPS) is 11.2. The van der Waals surface area contributed by atoms with Crippen LogP contribution in [0.15, 0.2) is 114 Å². The van der Waals surface area contributed by atoms with Crippen molar-refractivity contribution in [2.75, 3.05) is 0 Å². The molecule has 162 valence electrons. The maximum absolute atomic E-state index is 11.5. The molecule has 1 atom stereocenters. The van der Waals surface area contributed by atoms with E-state index in [1.165, 1.54) is 25.5 Å². The van der Waals surface area contributed by atoms with Gasteiger partial charge in [-0.2, -0.15) is 0 Å². The molecule has 4 rings (SSSR count). The molecule has 6 heteroatoms. The SMILES string of the molecule is O=C([O-])[C@@H](N=Cc1ccc(O)cc1[O-])c1ccccc1.c1cc[c]([Sn+2][c]2ccccc2)cc1. The summed E-state index contributed by atoms with van der Waals surface area (Å²) in [5, 5.41) is 31.8. The Labute approximate surface area is 202 Å². The van der Waals surface area contributed by atoms with Crippen LogP contribution in [0.1, 0.15) is 17.2 Å². The Morgan fingerprint density at radius 3 is 1.82 bits per heavy atom. The predicted molar refractivity (Wildman–Crippen MR) is 127 cm³/mol. The van der Waals surface area contributed by atoms with Crippen LogP contribution in [0, 0.1) is 0 Å². The molecule has 0 saturated carbocycles. The molecule has 0 bridgehead atoms. The van der Waals surface area contributed by atoms with E-state index in [-0.39, 0.29) is 11.3 Å². The number of nitrogens with zero attached hydrogens (tertiary/aromatic N) is 1. The second-order valence-electron chi connectivity index (χ2n) is 6.99. The van der Waals surface area contributed by atoms with Gasteiger partial charge < -0.3 is 20.1 Å². The summed E-state index contributed by atoms with van der Waals surface area (Å²) in [7, 11) is 0. The van der Waals surface area contributed by atoms with Crippen molar-refractivity contribution in [1.82, 2.24) is 0 Å². The van der Waals surface area contributed by atoms with Gasteiger partial charge in [-0.25, -0.2) is 0 Å². The van der Waals surface area contributed by atoms with Crippen LogP contribution in [0.2, 0.25) is 0 Å². The summed E-state index contributed by atoms with van der Waals surface area (Å²) in [6.45, 7) is 0. The van der Waals surface area contributed by atoms with Crippen molar-refractivity contribution >= 4 is 40.5 Å². The van der Waals surface area contributed by atoms with Crippen molar-refractivity contribution < 1.29 is 20.1 Å². The Kier molecular flexibility index (Phi) is 9.08. The molecule has 0 aromatic heterocycles. The molecule has 4 aromatic carbocycles. The fraction of sp³-hybridized carbons (Fsp3) is 0.0370. The average Bonchev–Trinajstić information content (AvgIpc) is 2.83. The Bertz CT molecular complexity index is 1150. The quantitative estimate of drug-likeness (QED) is 0.297. The summed E-state index contributed by atoms with van der Waals surface area (Å²) < 4.78 is 3.08. The Morgan fingerprint density at radius 2 is 1.33 bits per heavy atom. The first-order valence-electron chi connectivity index (χ1n) is 10.2. The molecule has 0 aliphatic rings. The number of hydrogen-bond acceptors (Lipinski definition) is 5. The minimum absolute atomic E-state index is 0.147. The van der Waals surface area contributed by atoms with Gasteiger partial charge in [-0.15, -0.1) is 0 Å². The molecule has 0 aliphatic carbocycles. The van der Waals surface area contributed by atoms with Crippen LogP contribution in [-0.4, -0.2) is 38.4 Å². The predicted octanol–water partition coefficient (Wildman–Crippen LogP) is 1.72. The van der Waals surface area contributed by atoms with E-state index in [9.17, 15) is 15.0 Å². The third-order valence-corrected chi connectivity index (χ3v) is 8.09. The number of phenols is 1. The number of hydrogen-bond donors (Lipinski definition) is 1. The fourth-order valence-corrected chi connectivity index (χ4v) is 5.91. The standard InChI is InChI=1S/C15H13NO4.2C6H5.Sn/c17-12-7-6-11(13(18)8-12)9-16-14(15(19)20)10-4-2-1-3-5-10;2*1-2-4-6-5-3-1;/h1-9,14,17-18H,(H,19,20);2*1-5H;/q;;;+2/p-2/t14-;;;/m0.../s1. The van der Waals surface area contributed by atoms with Crippen LogP contribution in [0.4, 0.5) is 0 Å². The van der Waals surface area contributed by atoms with E-state index < -0.39 is 38.9 Å². The number of carboxylic acid groups (broad SMARTS) is 1. The van der Waals surface area contributed by atoms with Crippen molar-refractivity contribution in [3.05, 3.63) is 120 Å². The van der Waals surface area contributed by atoms with Gasteiger partial charge in [-0.05, 0) is 23.3 Å². The number of aliphatic imine (C=N–C) groups is 1. The van der Waals surface area contributed by atoms with E-state index in [1.807, 2.05) is 0 Å². The van der Waals surface area contributed by atoms with Crippen molar-refractivity contribution in [2.45, 2.75) is 6.04 Å². The van der Waals surface area contributed by atoms with Crippen molar-refractivity contribution in [3.8, 4) is 11.5 Å². The molecule has 33 heavy (non-hydrogen) atoms. The fourth-order valence-electron chi connectivity index (χ4n) is 2.91. The molecule has 4 aromatic rings. The van der Waals surface area contributed by atoms with Crippen LogP contribution >= 0.6 is 0 Å². The summed E-state index contributed by atoms with van der Waals surface area (Å²) in [6, 6.07) is 32.5. The van der Waals surface area contributed by atoms with Gasteiger partial charge in [0.05, 0.1) is 5.97 Å². The molecule has 0 heterocycles. The first-order chi connectivity index (χ1) is 16.0. The molecule has 0 amide bonds. The van der Waals surface area contributed by atoms with Gasteiger partial charge >= 0.3 is 89.0 Å². The number of aliphatic carboxylic acids is 1. The Balaban J connectivity index is 0.000000203. The van der Waals surface area contributed by atoms with E-state index >= 15 is 0 Å². The summed E-state index contributed by atoms with van der Waals surface area (Å²) in [6.07, 6.45) is 1.18. The summed E-state index contributed by atoms with van der Waals surface area (Å²) >= 11 is -0.517. The molecule has 5 nitrogen and oxygen atoms in total. The second-order valence-corrected chi connectivity index (χ2v) is 11.0. The van der Waals surface area contributed by atoms with Gasteiger partial charge in [-0.1, -0.05) is 42.1 Å². The van der Waals surface area contributed by atoms with Crippen LogP contribution in [0.5, 0.6) is 11.5 Å². The summed E-state index contributed by atoms with van der Waals surface area (Å²) in [5.41, 5.74) is 0.667. The van der Waals surface area contributed by atoms with Crippen LogP contribution in [0.25, 0.3) is 0 Å². The first-order valence-corrected chi connectivity index (χ1v) is 13.0. The number of aromatic hydroxyl groups is 1. The zero-order valence-corrected chi connectivity index (χ0v) is 20.5. The van der Waals surface area contributed by atoms with Crippen LogP contribution in [-0.2, 0) is 4.79 Å². The summed E-state index contributed by atoms with van der Waals surface area (Å²) in [4.78, 5) is 15.0. The number of carbonyl (C=O) groups is 1. The van der Waals surface area contributed by atoms with Gasteiger partial charge in [-0.3, -0.25) is 4.99 Å². The first kappa shape index (κ1) is 24.1. The molecular weight excluding hydrogens is 521 g/mol. The zero-order valence-electron chi connectivity index (χ0n) is 17.7. The van der Waals surface area contributed by atoms with E-state index in [0.717, 1.165) is 6.07 Å². The second kappa shape index (κ2) is 12.5. The molecule has 0 unspecified atom stereocenters. The molecule has 0 aliphatic heterocycles. The Hall–Kier alpha value is -3.58. The molecule has 0 radical (unpaired) electrons. The third kappa shape index (κ3) is 7.80. The van der Waals surface area contributed by atoms with Crippen molar-refractivity contribution in [3.63, 3.8) is 0 Å². The zero-order chi connectivity index (χ0) is 23.5. The van der Waals surface area contributed by atoms with Gasteiger partial charge in [0, 0.05) is 6.21 Å². The van der Waals surface area contributed by atoms with E-state index in [0.29, 0.717) is 5.56 Å². The number of rotatable bonds is 6. The molecule has 0 fully saturated rings. The van der Waals surface area contributed by atoms with Crippen LogP contribution < -0.4 is 17.4 Å². The molecule has 1 N–H and O–H groups in total. The van der Waals surface area contributed by atoms with E-state index in [1.54, 1.807) is 30.3 Å². The number of carboxylic acids is 1. The topological polar surface area (TPSA) is 95.8 Å². The number of benzene rings is 4. The van der Waals surface area contributed by atoms with Gasteiger partial charge in [0.15, 0.2) is 0 Å². The molecule has 0 spiro atoms. The van der Waals surface area contributed by atoms with Gasteiger partial charge in [0.25, 0.3) is 0 Å². The number of carbonyl (C=O) groups excluding carboxylic acids is 1. The maximum atomic E-state index is 11.5. The van der Waals surface area contributed by atoms with Gasteiger partial charge in [0.2, 0.25) is 0 Å². The van der Waals surface area contributed by atoms with Crippen LogP contribution in [0.3, 0.4) is 0 Å². The number of phenolic OH excluding ortho intramolecular Hbond substituents is 1. The van der Waals surface area contributed by atoms with Crippen molar-refractivity contribution in [1.29, 1.82) is 0 Å².